The average Bonchev–Trinajstić information content (AvgIpc) is 2.52. The molecule has 6 heteroatoms. The maximum atomic E-state index is 10.2. The fourth-order valence-corrected chi connectivity index (χ4v) is 3.09. The number of hydrogen-bond donors (Lipinski definition) is 1. The van der Waals surface area contributed by atoms with Crippen molar-refractivity contribution in [3.05, 3.63) is 30.1 Å². The van der Waals surface area contributed by atoms with Crippen molar-refractivity contribution in [2.45, 2.75) is 25.4 Å². The molecule has 0 aliphatic carbocycles. The standard InChI is InChI=1S/C16H26ClN3O2/c1-18-16(17)14-7-6-8-19(11-14)22-13-15(21)12-20(2)9-4-3-5-10-20/h6-8,11,15,21H,3-5,9-10,12-13H2,1-2H3/q+2. The molecule has 2 rings (SSSR count). The molecular weight excluding hydrogens is 302 g/mol. The summed E-state index contributed by atoms with van der Waals surface area (Å²) in [5, 5.41) is 10.7. The van der Waals surface area contributed by atoms with Crippen molar-refractivity contribution in [1.82, 2.24) is 0 Å². The van der Waals surface area contributed by atoms with Gasteiger partial charge in [-0.25, -0.2) is 0 Å². The van der Waals surface area contributed by atoms with Gasteiger partial charge in [-0.15, -0.1) is 0 Å². The summed E-state index contributed by atoms with van der Waals surface area (Å²) in [5.74, 6) is 0. The largest absolute Gasteiger partial charge is 0.383 e. The molecule has 2 heterocycles. The number of likely N-dealkylation sites (N-methyl/N-ethyl adjacent to an activating group) is 1. The van der Waals surface area contributed by atoms with Crippen molar-refractivity contribution in [2.24, 2.45) is 4.99 Å². The Bertz CT molecular complexity index is 516. The van der Waals surface area contributed by atoms with E-state index >= 15 is 0 Å². The van der Waals surface area contributed by atoms with Gasteiger partial charge >= 0.3 is 0 Å². The molecule has 0 saturated carbocycles. The van der Waals surface area contributed by atoms with Crippen LogP contribution >= 0.6 is 11.6 Å². The van der Waals surface area contributed by atoms with Gasteiger partial charge in [-0.1, -0.05) is 11.6 Å². The van der Waals surface area contributed by atoms with E-state index in [1.165, 1.54) is 19.3 Å². The maximum absolute atomic E-state index is 10.2. The number of aliphatic hydroxyl groups excluding tert-OH is 1. The lowest BCUT2D eigenvalue weighted by Gasteiger charge is -2.38. The van der Waals surface area contributed by atoms with Crippen molar-refractivity contribution in [3.8, 4) is 0 Å². The normalized spacial score (nSPS) is 19.7. The van der Waals surface area contributed by atoms with E-state index in [4.69, 9.17) is 16.4 Å². The van der Waals surface area contributed by atoms with E-state index in [2.05, 4.69) is 12.0 Å². The van der Waals surface area contributed by atoms with Gasteiger partial charge in [0.25, 0.3) is 0 Å². The number of aliphatic hydroxyl groups is 1. The van der Waals surface area contributed by atoms with Gasteiger partial charge in [0.2, 0.25) is 12.4 Å². The first-order valence-corrected chi connectivity index (χ1v) is 8.19. The molecule has 1 unspecified atom stereocenters. The molecule has 22 heavy (non-hydrogen) atoms. The van der Waals surface area contributed by atoms with Crippen LogP contribution in [0.2, 0.25) is 0 Å². The molecule has 5 nitrogen and oxygen atoms in total. The minimum absolute atomic E-state index is 0.267. The number of likely N-dealkylation sites (tertiary alicyclic amines) is 1. The predicted octanol–water partition coefficient (Wildman–Crippen LogP) is 1.01. The smallest absolute Gasteiger partial charge is 0.232 e. The van der Waals surface area contributed by atoms with Crippen molar-refractivity contribution in [1.29, 1.82) is 0 Å². The quantitative estimate of drug-likeness (QED) is 0.481. The second-order valence-corrected chi connectivity index (χ2v) is 6.58. The molecular formula is C16H26ClN3O2+2. The number of piperidine rings is 1. The Morgan fingerprint density at radius 2 is 2.18 bits per heavy atom. The van der Waals surface area contributed by atoms with E-state index < -0.39 is 6.10 Å². The van der Waals surface area contributed by atoms with Crippen LogP contribution in [0.1, 0.15) is 24.8 Å². The number of aliphatic imine (C=N–C) groups is 1. The van der Waals surface area contributed by atoms with E-state index in [-0.39, 0.29) is 6.61 Å². The number of halogens is 1. The molecule has 0 spiro atoms. The monoisotopic (exact) mass is 327 g/mol. The van der Waals surface area contributed by atoms with Crippen LogP contribution in [-0.4, -0.2) is 61.2 Å². The summed E-state index contributed by atoms with van der Waals surface area (Å²) in [7, 11) is 3.86. The Morgan fingerprint density at radius 1 is 1.45 bits per heavy atom. The summed E-state index contributed by atoms with van der Waals surface area (Å²) in [4.78, 5) is 9.58. The van der Waals surface area contributed by atoms with E-state index in [0.29, 0.717) is 5.17 Å². The summed E-state index contributed by atoms with van der Waals surface area (Å²) in [6, 6.07) is 3.71. The lowest BCUT2D eigenvalue weighted by atomic mass is 10.1. The van der Waals surface area contributed by atoms with Crippen molar-refractivity contribution in [2.75, 3.05) is 40.3 Å². The van der Waals surface area contributed by atoms with Crippen molar-refractivity contribution >= 4 is 16.8 Å². The zero-order valence-electron chi connectivity index (χ0n) is 13.4. The number of aromatic nitrogens is 1. The van der Waals surface area contributed by atoms with Crippen LogP contribution < -0.4 is 9.57 Å². The minimum Gasteiger partial charge on any atom is -0.383 e. The summed E-state index contributed by atoms with van der Waals surface area (Å²) >= 11 is 6.00. The number of rotatable bonds is 6. The highest BCUT2D eigenvalue weighted by molar-refractivity contribution is 6.69. The van der Waals surface area contributed by atoms with E-state index in [1.54, 1.807) is 24.2 Å². The Morgan fingerprint density at radius 3 is 2.86 bits per heavy atom. The average molecular weight is 328 g/mol. The molecule has 0 aromatic carbocycles. The molecule has 0 bridgehead atoms. The van der Waals surface area contributed by atoms with Gasteiger partial charge in [0.05, 0.1) is 25.7 Å². The molecule has 1 aromatic rings. The molecule has 0 amide bonds. The summed E-state index contributed by atoms with van der Waals surface area (Å²) in [6.45, 7) is 3.28. The van der Waals surface area contributed by atoms with Gasteiger partial charge in [-0.05, 0) is 25.3 Å². The van der Waals surface area contributed by atoms with Crippen molar-refractivity contribution < 1.29 is 19.2 Å². The van der Waals surface area contributed by atoms with Crippen LogP contribution in [-0.2, 0) is 0 Å². The second-order valence-electron chi connectivity index (χ2n) is 6.23. The third kappa shape index (κ3) is 4.93. The first-order chi connectivity index (χ1) is 10.5. The van der Waals surface area contributed by atoms with Crippen LogP contribution in [0.25, 0.3) is 0 Å². The van der Waals surface area contributed by atoms with Crippen molar-refractivity contribution in [3.63, 3.8) is 0 Å². The third-order valence-electron chi connectivity index (χ3n) is 4.17. The van der Waals surface area contributed by atoms with E-state index in [9.17, 15) is 5.11 Å². The summed E-state index contributed by atoms with van der Waals surface area (Å²) in [6.07, 6.45) is 6.87. The topological polar surface area (TPSA) is 45.7 Å². The molecule has 1 atom stereocenters. The van der Waals surface area contributed by atoms with Crippen LogP contribution in [0.4, 0.5) is 0 Å². The Kier molecular flexibility index (Phi) is 6.17. The Hall–Kier alpha value is -1.17. The van der Waals surface area contributed by atoms with Gasteiger partial charge in [-0.3, -0.25) is 9.83 Å². The SMILES string of the molecule is CN=C(Cl)c1ccc[n+](OCC(O)C[N+]2(C)CCCCC2)c1. The molecule has 1 aliphatic heterocycles. The molecule has 1 saturated heterocycles. The van der Waals surface area contributed by atoms with Gasteiger partial charge in [0.1, 0.15) is 17.8 Å². The molecule has 1 fully saturated rings. The second kappa shape index (κ2) is 7.90. The molecule has 1 N–H and O–H groups in total. The lowest BCUT2D eigenvalue weighted by molar-refractivity contribution is -0.921. The Balaban J connectivity index is 1.87. The predicted molar refractivity (Wildman–Crippen MR) is 87.0 cm³/mol. The molecule has 0 radical (unpaired) electrons. The highest BCUT2D eigenvalue weighted by Crippen LogP contribution is 2.16. The highest BCUT2D eigenvalue weighted by atomic mass is 35.5. The molecule has 1 aliphatic rings. The highest BCUT2D eigenvalue weighted by Gasteiger charge is 2.28. The lowest BCUT2D eigenvalue weighted by Crippen LogP contribution is -2.54. The first-order valence-electron chi connectivity index (χ1n) is 7.81. The van der Waals surface area contributed by atoms with E-state index in [0.717, 1.165) is 29.7 Å². The van der Waals surface area contributed by atoms with E-state index in [1.807, 2.05) is 12.1 Å². The summed E-state index contributed by atoms with van der Waals surface area (Å²) < 4.78 is 2.51. The fourth-order valence-electron chi connectivity index (χ4n) is 2.98. The zero-order valence-corrected chi connectivity index (χ0v) is 14.2. The molecule has 1 aromatic heterocycles. The van der Waals surface area contributed by atoms with Crippen LogP contribution in [0, 0.1) is 0 Å². The Labute approximate surface area is 137 Å². The van der Waals surface area contributed by atoms with Crippen LogP contribution in [0.15, 0.2) is 29.5 Å². The van der Waals surface area contributed by atoms with Gasteiger partial charge in [0, 0.05) is 17.8 Å². The minimum atomic E-state index is -0.477. The molecule has 122 valence electrons. The fraction of sp³-hybridized carbons (Fsp3) is 0.625. The number of hydrogen-bond acceptors (Lipinski definition) is 3. The first kappa shape index (κ1) is 17.2. The number of nitrogens with zero attached hydrogens (tertiary/aromatic N) is 3. The van der Waals surface area contributed by atoms with Gasteiger partial charge in [-0.2, -0.15) is 0 Å². The summed E-state index contributed by atoms with van der Waals surface area (Å²) in [5.41, 5.74) is 0.788. The zero-order chi connectivity index (χ0) is 16.0. The van der Waals surface area contributed by atoms with Gasteiger partial charge < -0.3 is 9.59 Å². The maximum Gasteiger partial charge on any atom is 0.232 e. The number of pyridine rings is 1. The number of quaternary nitrogens is 1. The van der Waals surface area contributed by atoms with Gasteiger partial charge in [0.15, 0.2) is 6.61 Å². The van der Waals surface area contributed by atoms with Crippen LogP contribution in [0.3, 0.4) is 0 Å². The van der Waals surface area contributed by atoms with Crippen LogP contribution in [0.5, 0.6) is 0 Å². The third-order valence-corrected chi connectivity index (χ3v) is 4.56.